The van der Waals surface area contributed by atoms with Crippen molar-refractivity contribution in [3.8, 4) is 5.88 Å². The highest BCUT2D eigenvalue weighted by molar-refractivity contribution is 6.31. The maximum absolute atomic E-state index is 6.11. The number of ether oxygens (including phenoxy) is 1. The summed E-state index contributed by atoms with van der Waals surface area (Å²) in [5.41, 5.74) is 1.05. The molecule has 1 rings (SSSR count). The molecule has 0 aliphatic heterocycles. The first kappa shape index (κ1) is 15.0. The Labute approximate surface area is 114 Å². The monoisotopic (exact) mass is 268 g/mol. The number of aromatic nitrogens is 1. The fourth-order valence-electron chi connectivity index (χ4n) is 1.28. The van der Waals surface area contributed by atoms with Crippen LogP contribution in [0.1, 0.15) is 32.8 Å². The summed E-state index contributed by atoms with van der Waals surface area (Å²) in [6.07, 6.45) is 4.25. The molecule has 0 atom stereocenters. The third-order valence-corrected chi connectivity index (χ3v) is 2.63. The van der Waals surface area contributed by atoms with Crippen molar-refractivity contribution < 1.29 is 4.74 Å². The molecule has 0 saturated heterocycles. The number of nitrogens with one attached hydrogen (secondary N) is 1. The largest absolute Gasteiger partial charge is 0.477 e. The summed E-state index contributed by atoms with van der Waals surface area (Å²) >= 11 is 6.11. The van der Waals surface area contributed by atoms with E-state index in [9.17, 15) is 0 Å². The Bertz CT molecular complexity index is 399. The van der Waals surface area contributed by atoms with Gasteiger partial charge in [-0.15, -0.1) is 6.58 Å². The molecule has 100 valence electrons. The van der Waals surface area contributed by atoms with Gasteiger partial charge in [0.25, 0.3) is 0 Å². The summed E-state index contributed by atoms with van der Waals surface area (Å²) in [7, 11) is 0. The standard InChI is InChI=1S/C14H21ClN2O/c1-5-6-7-18-13-8-11(12(15)10-16-13)9-17-14(2,3)4/h5,8,10,17H,1,6-7,9H2,2-4H3. The molecule has 1 aromatic heterocycles. The van der Waals surface area contributed by atoms with E-state index in [1.165, 1.54) is 0 Å². The van der Waals surface area contributed by atoms with Crippen LogP contribution in [0.15, 0.2) is 24.9 Å². The molecule has 0 saturated carbocycles. The SMILES string of the molecule is C=CCCOc1cc(CNC(C)(C)C)c(Cl)cn1. The Morgan fingerprint density at radius 2 is 2.22 bits per heavy atom. The molecule has 0 bridgehead atoms. The second-order valence-corrected chi connectivity index (χ2v) is 5.55. The topological polar surface area (TPSA) is 34.1 Å². The predicted octanol–water partition coefficient (Wildman–Crippen LogP) is 3.58. The van der Waals surface area contributed by atoms with Gasteiger partial charge in [-0.25, -0.2) is 4.98 Å². The van der Waals surface area contributed by atoms with E-state index >= 15 is 0 Å². The summed E-state index contributed by atoms with van der Waals surface area (Å²) in [5, 5.41) is 4.04. The molecule has 1 N–H and O–H groups in total. The number of nitrogens with zero attached hydrogens (tertiary/aromatic N) is 1. The average molecular weight is 269 g/mol. The van der Waals surface area contributed by atoms with Crippen LogP contribution in [0.4, 0.5) is 0 Å². The fourth-order valence-corrected chi connectivity index (χ4v) is 1.45. The Hall–Kier alpha value is -1.06. The lowest BCUT2D eigenvalue weighted by Crippen LogP contribution is -2.35. The van der Waals surface area contributed by atoms with Gasteiger partial charge in [0.1, 0.15) is 0 Å². The second-order valence-electron chi connectivity index (χ2n) is 5.14. The zero-order valence-electron chi connectivity index (χ0n) is 11.3. The van der Waals surface area contributed by atoms with E-state index in [0.717, 1.165) is 12.0 Å². The Morgan fingerprint density at radius 3 is 2.83 bits per heavy atom. The fraction of sp³-hybridized carbons (Fsp3) is 0.500. The van der Waals surface area contributed by atoms with Crippen LogP contribution < -0.4 is 10.1 Å². The Morgan fingerprint density at radius 1 is 1.50 bits per heavy atom. The molecule has 18 heavy (non-hydrogen) atoms. The minimum Gasteiger partial charge on any atom is -0.477 e. The van der Waals surface area contributed by atoms with E-state index in [4.69, 9.17) is 16.3 Å². The third kappa shape index (κ3) is 5.52. The van der Waals surface area contributed by atoms with Crippen molar-refractivity contribution in [2.45, 2.75) is 39.3 Å². The Balaban J connectivity index is 2.65. The van der Waals surface area contributed by atoms with Crippen LogP contribution in [0.3, 0.4) is 0 Å². The zero-order valence-corrected chi connectivity index (χ0v) is 12.0. The molecule has 0 spiro atoms. The van der Waals surface area contributed by atoms with Gasteiger partial charge in [-0.2, -0.15) is 0 Å². The smallest absolute Gasteiger partial charge is 0.213 e. The third-order valence-electron chi connectivity index (χ3n) is 2.29. The normalized spacial score (nSPS) is 11.3. The van der Waals surface area contributed by atoms with Gasteiger partial charge in [0.2, 0.25) is 5.88 Å². The van der Waals surface area contributed by atoms with Crippen molar-refractivity contribution >= 4 is 11.6 Å². The first-order valence-corrected chi connectivity index (χ1v) is 6.43. The lowest BCUT2D eigenvalue weighted by molar-refractivity contribution is 0.311. The van der Waals surface area contributed by atoms with Crippen LogP contribution in [-0.4, -0.2) is 17.1 Å². The summed E-state index contributed by atoms with van der Waals surface area (Å²) in [6.45, 7) is 11.3. The first-order chi connectivity index (χ1) is 8.42. The van der Waals surface area contributed by atoms with Gasteiger partial charge in [-0.1, -0.05) is 17.7 Å². The van der Waals surface area contributed by atoms with Crippen LogP contribution in [0.2, 0.25) is 5.02 Å². The molecule has 1 aromatic rings. The molecular weight excluding hydrogens is 248 g/mol. The van der Waals surface area contributed by atoms with Gasteiger partial charge in [-0.3, -0.25) is 0 Å². The summed E-state index contributed by atoms with van der Waals surface area (Å²) in [6, 6.07) is 1.88. The van der Waals surface area contributed by atoms with Crippen molar-refractivity contribution in [3.63, 3.8) is 0 Å². The number of hydrogen-bond donors (Lipinski definition) is 1. The van der Waals surface area contributed by atoms with Gasteiger partial charge < -0.3 is 10.1 Å². The minimum atomic E-state index is 0.0520. The molecule has 0 amide bonds. The molecule has 0 unspecified atom stereocenters. The number of halogens is 1. The maximum Gasteiger partial charge on any atom is 0.213 e. The van der Waals surface area contributed by atoms with Crippen molar-refractivity contribution in [1.82, 2.24) is 10.3 Å². The van der Waals surface area contributed by atoms with Crippen LogP contribution in [-0.2, 0) is 6.54 Å². The van der Waals surface area contributed by atoms with Crippen LogP contribution in [0.25, 0.3) is 0 Å². The zero-order chi connectivity index (χ0) is 13.6. The average Bonchev–Trinajstić information content (AvgIpc) is 2.29. The van der Waals surface area contributed by atoms with E-state index in [-0.39, 0.29) is 5.54 Å². The minimum absolute atomic E-state index is 0.0520. The number of hydrogen-bond acceptors (Lipinski definition) is 3. The molecule has 0 aliphatic rings. The van der Waals surface area contributed by atoms with E-state index < -0.39 is 0 Å². The highest BCUT2D eigenvalue weighted by atomic mass is 35.5. The molecule has 4 heteroatoms. The quantitative estimate of drug-likeness (QED) is 0.633. The van der Waals surface area contributed by atoms with Gasteiger partial charge in [-0.05, 0) is 32.8 Å². The van der Waals surface area contributed by atoms with Crippen molar-refractivity contribution in [2.24, 2.45) is 0 Å². The van der Waals surface area contributed by atoms with Crippen molar-refractivity contribution in [1.29, 1.82) is 0 Å². The molecule has 0 fully saturated rings. The van der Waals surface area contributed by atoms with Crippen molar-refractivity contribution in [2.75, 3.05) is 6.61 Å². The lowest BCUT2D eigenvalue weighted by Gasteiger charge is -2.21. The molecule has 0 radical (unpaired) electrons. The molecule has 3 nitrogen and oxygen atoms in total. The van der Waals surface area contributed by atoms with Crippen molar-refractivity contribution in [3.05, 3.63) is 35.5 Å². The van der Waals surface area contributed by atoms with E-state index in [1.54, 1.807) is 6.20 Å². The summed E-state index contributed by atoms with van der Waals surface area (Å²) in [4.78, 5) is 4.14. The van der Waals surface area contributed by atoms with Gasteiger partial charge >= 0.3 is 0 Å². The van der Waals surface area contributed by atoms with E-state index in [1.807, 2.05) is 12.1 Å². The van der Waals surface area contributed by atoms with E-state index in [0.29, 0.717) is 24.1 Å². The maximum atomic E-state index is 6.11. The van der Waals surface area contributed by atoms with Gasteiger partial charge in [0.15, 0.2) is 0 Å². The predicted molar refractivity (Wildman–Crippen MR) is 76.1 cm³/mol. The second kappa shape index (κ2) is 6.76. The molecule has 0 aliphatic carbocycles. The Kier molecular flexibility index (Phi) is 5.63. The summed E-state index contributed by atoms with van der Waals surface area (Å²) in [5.74, 6) is 0.604. The molecular formula is C14H21ClN2O. The molecule has 1 heterocycles. The van der Waals surface area contributed by atoms with Gasteiger partial charge in [0, 0.05) is 24.3 Å². The van der Waals surface area contributed by atoms with Gasteiger partial charge in [0.05, 0.1) is 11.6 Å². The highest BCUT2D eigenvalue weighted by Crippen LogP contribution is 2.20. The highest BCUT2D eigenvalue weighted by Gasteiger charge is 2.11. The number of pyridine rings is 1. The summed E-state index contributed by atoms with van der Waals surface area (Å²) < 4.78 is 5.51. The van der Waals surface area contributed by atoms with Crippen LogP contribution in [0.5, 0.6) is 5.88 Å². The van der Waals surface area contributed by atoms with Crippen LogP contribution >= 0.6 is 11.6 Å². The lowest BCUT2D eigenvalue weighted by atomic mass is 10.1. The van der Waals surface area contributed by atoms with E-state index in [2.05, 4.69) is 37.7 Å². The first-order valence-electron chi connectivity index (χ1n) is 6.05. The molecule has 0 aromatic carbocycles. The number of rotatable bonds is 6. The van der Waals surface area contributed by atoms with Crippen LogP contribution in [0, 0.1) is 0 Å².